The Kier molecular flexibility index (Phi) is 4.83. The van der Waals surface area contributed by atoms with Gasteiger partial charge in [-0.25, -0.2) is 4.68 Å². The molecular formula is C24H23ClN4O. The summed E-state index contributed by atoms with van der Waals surface area (Å²) in [6.45, 7) is 1.82. The number of benzene rings is 2. The highest BCUT2D eigenvalue weighted by molar-refractivity contribution is 6.30. The number of piperidine rings is 1. The first-order chi connectivity index (χ1) is 14.6. The van der Waals surface area contributed by atoms with E-state index in [4.69, 9.17) is 16.7 Å². The Labute approximate surface area is 180 Å². The van der Waals surface area contributed by atoms with Crippen LogP contribution in [0.5, 0.6) is 0 Å². The molecule has 1 fully saturated rings. The van der Waals surface area contributed by atoms with E-state index in [1.807, 2.05) is 60.4 Å². The van der Waals surface area contributed by atoms with Crippen molar-refractivity contribution in [3.8, 4) is 5.69 Å². The lowest BCUT2D eigenvalue weighted by atomic mass is 9.93. The van der Waals surface area contributed by atoms with Crippen LogP contribution in [-0.2, 0) is 7.05 Å². The molecule has 0 spiro atoms. The average Bonchev–Trinajstić information content (AvgIpc) is 3.27. The van der Waals surface area contributed by atoms with Crippen molar-refractivity contribution in [1.82, 2.24) is 14.3 Å². The molecular weight excluding hydrogens is 396 g/mol. The first-order valence-electron chi connectivity index (χ1n) is 10.3. The Morgan fingerprint density at radius 1 is 1.00 bits per heavy atom. The SMILES string of the molecule is Cn1c(=O)cc(N2CCC(c3ccn(-c4cccc(Cl)c4)n3)CC2)c2ccccc21. The predicted octanol–water partition coefficient (Wildman–Crippen LogP) is 4.76. The van der Waals surface area contributed by atoms with Crippen molar-refractivity contribution in [3.05, 3.63) is 87.9 Å². The van der Waals surface area contributed by atoms with Gasteiger partial charge in [-0.1, -0.05) is 35.9 Å². The van der Waals surface area contributed by atoms with Crippen LogP contribution in [0.3, 0.4) is 0 Å². The smallest absolute Gasteiger partial charge is 0.252 e. The van der Waals surface area contributed by atoms with Crippen molar-refractivity contribution in [2.75, 3.05) is 18.0 Å². The summed E-state index contributed by atoms with van der Waals surface area (Å²) < 4.78 is 3.61. The predicted molar refractivity (Wildman–Crippen MR) is 122 cm³/mol. The summed E-state index contributed by atoms with van der Waals surface area (Å²) in [4.78, 5) is 14.8. The molecule has 0 unspecified atom stereocenters. The maximum absolute atomic E-state index is 12.5. The van der Waals surface area contributed by atoms with Gasteiger partial charge in [0.25, 0.3) is 5.56 Å². The van der Waals surface area contributed by atoms with Crippen LogP contribution < -0.4 is 10.5 Å². The van der Waals surface area contributed by atoms with Crippen LogP contribution in [0.15, 0.2) is 71.7 Å². The van der Waals surface area contributed by atoms with Gasteiger partial charge in [0.1, 0.15) is 0 Å². The van der Waals surface area contributed by atoms with Gasteiger partial charge in [-0.15, -0.1) is 0 Å². The molecule has 1 aliphatic rings. The molecule has 1 saturated heterocycles. The molecule has 0 N–H and O–H groups in total. The monoisotopic (exact) mass is 418 g/mol. The normalized spacial score (nSPS) is 15.1. The summed E-state index contributed by atoms with van der Waals surface area (Å²) in [7, 11) is 1.83. The number of rotatable bonds is 3. The number of aromatic nitrogens is 3. The zero-order valence-electron chi connectivity index (χ0n) is 16.8. The number of hydrogen-bond donors (Lipinski definition) is 0. The van der Waals surface area contributed by atoms with Crippen molar-refractivity contribution in [2.24, 2.45) is 7.05 Å². The van der Waals surface area contributed by atoms with Gasteiger partial charge in [0.05, 0.1) is 22.6 Å². The Morgan fingerprint density at radius 3 is 2.60 bits per heavy atom. The minimum atomic E-state index is 0.0334. The summed E-state index contributed by atoms with van der Waals surface area (Å²) >= 11 is 6.12. The van der Waals surface area contributed by atoms with Gasteiger partial charge < -0.3 is 9.47 Å². The van der Waals surface area contributed by atoms with Crippen molar-refractivity contribution >= 4 is 28.2 Å². The van der Waals surface area contributed by atoms with Gasteiger partial charge in [0.2, 0.25) is 0 Å². The minimum Gasteiger partial charge on any atom is -0.371 e. The number of fused-ring (bicyclic) bond motifs is 1. The number of pyridine rings is 1. The summed E-state index contributed by atoms with van der Waals surface area (Å²) in [6.07, 6.45) is 4.02. The van der Waals surface area contributed by atoms with Crippen molar-refractivity contribution in [3.63, 3.8) is 0 Å². The lowest BCUT2D eigenvalue weighted by molar-refractivity contribution is 0.494. The van der Waals surface area contributed by atoms with E-state index in [0.717, 1.165) is 53.9 Å². The molecule has 0 saturated carbocycles. The van der Waals surface area contributed by atoms with Crippen LogP contribution in [0.25, 0.3) is 16.6 Å². The van der Waals surface area contributed by atoms with Crippen molar-refractivity contribution < 1.29 is 0 Å². The fourth-order valence-electron chi connectivity index (χ4n) is 4.39. The van der Waals surface area contributed by atoms with Crippen LogP contribution in [0.2, 0.25) is 5.02 Å². The summed E-state index contributed by atoms with van der Waals surface area (Å²) in [5.41, 5.74) is 4.13. The lowest BCUT2D eigenvalue weighted by Crippen LogP contribution is -2.34. The zero-order chi connectivity index (χ0) is 20.7. The van der Waals surface area contributed by atoms with Gasteiger partial charge in [0, 0.05) is 48.7 Å². The van der Waals surface area contributed by atoms with Gasteiger partial charge in [-0.05, 0) is 43.2 Å². The number of anilines is 1. The van der Waals surface area contributed by atoms with Crippen LogP contribution >= 0.6 is 11.6 Å². The van der Waals surface area contributed by atoms with Gasteiger partial charge >= 0.3 is 0 Å². The zero-order valence-corrected chi connectivity index (χ0v) is 17.6. The molecule has 2 aromatic heterocycles. The first kappa shape index (κ1) is 18.9. The third-order valence-corrected chi connectivity index (χ3v) is 6.30. The van der Waals surface area contributed by atoms with Crippen molar-refractivity contribution in [2.45, 2.75) is 18.8 Å². The number of halogens is 1. The van der Waals surface area contributed by atoms with Gasteiger partial charge in [0.15, 0.2) is 0 Å². The molecule has 0 radical (unpaired) electrons. The fourth-order valence-corrected chi connectivity index (χ4v) is 4.57. The van der Waals surface area contributed by atoms with Crippen molar-refractivity contribution in [1.29, 1.82) is 0 Å². The molecule has 5 nitrogen and oxygen atoms in total. The summed E-state index contributed by atoms with van der Waals surface area (Å²) in [6, 6.07) is 19.7. The van der Waals surface area contributed by atoms with Crippen LogP contribution in [0.1, 0.15) is 24.5 Å². The quantitative estimate of drug-likeness (QED) is 0.481. The van der Waals surface area contributed by atoms with E-state index in [1.165, 1.54) is 0 Å². The Balaban J connectivity index is 1.36. The van der Waals surface area contributed by atoms with Crippen LogP contribution in [0, 0.1) is 0 Å². The van der Waals surface area contributed by atoms with Crippen LogP contribution in [0.4, 0.5) is 5.69 Å². The third-order valence-electron chi connectivity index (χ3n) is 6.07. The fraction of sp³-hybridized carbons (Fsp3) is 0.250. The van der Waals surface area contributed by atoms with Gasteiger partial charge in [-0.2, -0.15) is 5.10 Å². The average molecular weight is 419 g/mol. The summed E-state index contributed by atoms with van der Waals surface area (Å²) in [5, 5.41) is 6.64. The van der Waals surface area contributed by atoms with E-state index in [1.54, 1.807) is 10.6 Å². The van der Waals surface area contributed by atoms with E-state index in [2.05, 4.69) is 17.0 Å². The minimum absolute atomic E-state index is 0.0334. The number of hydrogen-bond acceptors (Lipinski definition) is 3. The molecule has 0 aliphatic carbocycles. The Morgan fingerprint density at radius 2 is 1.80 bits per heavy atom. The maximum atomic E-state index is 12.5. The van der Waals surface area contributed by atoms with E-state index >= 15 is 0 Å². The highest BCUT2D eigenvalue weighted by Gasteiger charge is 2.24. The number of nitrogens with zero attached hydrogens (tertiary/aromatic N) is 4. The molecule has 1 aliphatic heterocycles. The highest BCUT2D eigenvalue weighted by atomic mass is 35.5. The highest BCUT2D eigenvalue weighted by Crippen LogP contribution is 2.32. The first-order valence-corrected chi connectivity index (χ1v) is 10.6. The second kappa shape index (κ2) is 7.65. The molecule has 2 aromatic carbocycles. The molecule has 0 amide bonds. The van der Waals surface area contributed by atoms with Crippen LogP contribution in [-0.4, -0.2) is 27.4 Å². The largest absolute Gasteiger partial charge is 0.371 e. The number of aryl methyl sites for hydroxylation is 1. The van der Waals surface area contributed by atoms with E-state index in [0.29, 0.717) is 10.9 Å². The molecule has 6 heteroatoms. The number of para-hydroxylation sites is 1. The molecule has 3 heterocycles. The third kappa shape index (κ3) is 3.39. The molecule has 4 aromatic rings. The second-order valence-corrected chi connectivity index (χ2v) is 8.31. The van der Waals surface area contributed by atoms with Gasteiger partial charge in [-0.3, -0.25) is 4.79 Å². The van der Waals surface area contributed by atoms with E-state index < -0.39 is 0 Å². The Hall–Kier alpha value is -3.05. The topological polar surface area (TPSA) is 43.1 Å². The second-order valence-electron chi connectivity index (χ2n) is 7.87. The molecule has 0 atom stereocenters. The molecule has 5 rings (SSSR count). The standard InChI is InChI=1S/C24H23ClN4O/c1-27-22-8-3-2-7-20(22)23(16-24(27)30)28-12-9-17(10-13-28)21-11-14-29(26-21)19-6-4-5-18(25)15-19/h2-8,11,14-17H,9-10,12-13H2,1H3. The van der Waals surface area contributed by atoms with E-state index in [-0.39, 0.29) is 5.56 Å². The maximum Gasteiger partial charge on any atom is 0.252 e. The summed E-state index contributed by atoms with van der Waals surface area (Å²) in [5.74, 6) is 0.416. The molecule has 0 bridgehead atoms. The van der Waals surface area contributed by atoms with E-state index in [9.17, 15) is 4.79 Å². The lowest BCUT2D eigenvalue weighted by Gasteiger charge is -2.33. The Bertz CT molecular complexity index is 1270. The molecule has 30 heavy (non-hydrogen) atoms. The molecule has 152 valence electrons.